The molecule has 1 atom stereocenters. The summed E-state index contributed by atoms with van der Waals surface area (Å²) in [6.45, 7) is 0.653. The van der Waals surface area contributed by atoms with Crippen LogP contribution in [0, 0.1) is 0 Å². The van der Waals surface area contributed by atoms with E-state index in [2.05, 4.69) is 4.98 Å². The van der Waals surface area contributed by atoms with Gasteiger partial charge >= 0.3 is 0 Å². The Hall–Kier alpha value is -3.94. The van der Waals surface area contributed by atoms with Gasteiger partial charge in [0, 0.05) is 41.3 Å². The van der Waals surface area contributed by atoms with Crippen LogP contribution in [0.2, 0.25) is 5.02 Å². The zero-order valence-electron chi connectivity index (χ0n) is 20.2. The number of anilines is 2. The van der Waals surface area contributed by atoms with E-state index in [1.165, 1.54) is 0 Å². The van der Waals surface area contributed by atoms with Gasteiger partial charge in [0.15, 0.2) is 0 Å². The van der Waals surface area contributed by atoms with Gasteiger partial charge in [0.05, 0.1) is 16.8 Å². The van der Waals surface area contributed by atoms with Crippen molar-refractivity contribution in [1.29, 1.82) is 0 Å². The van der Waals surface area contributed by atoms with E-state index in [4.69, 9.17) is 17.3 Å². The Labute approximate surface area is 219 Å². The summed E-state index contributed by atoms with van der Waals surface area (Å²) in [7, 11) is 0. The fourth-order valence-electron chi connectivity index (χ4n) is 4.68. The smallest absolute Gasteiger partial charge is 0.265 e. The van der Waals surface area contributed by atoms with Crippen molar-refractivity contribution in [1.82, 2.24) is 4.98 Å². The van der Waals surface area contributed by atoms with E-state index in [1.807, 2.05) is 30.3 Å². The minimum Gasteiger partial charge on any atom is -0.360 e. The molecule has 1 unspecified atom stereocenters. The van der Waals surface area contributed by atoms with Crippen molar-refractivity contribution in [3.05, 3.63) is 95.1 Å². The first-order chi connectivity index (χ1) is 17.9. The Morgan fingerprint density at radius 3 is 2.51 bits per heavy atom. The van der Waals surface area contributed by atoms with Crippen LogP contribution in [0.25, 0.3) is 10.9 Å². The van der Waals surface area contributed by atoms with E-state index in [0.29, 0.717) is 34.8 Å². The number of nitrogens with zero attached hydrogens (tertiary/aromatic N) is 2. The predicted molar refractivity (Wildman–Crippen MR) is 146 cm³/mol. The van der Waals surface area contributed by atoms with E-state index in [-0.39, 0.29) is 12.3 Å². The molecule has 4 aromatic rings. The molecule has 0 aliphatic carbocycles. The molecular weight excluding hydrogens is 488 g/mol. The van der Waals surface area contributed by atoms with Crippen molar-refractivity contribution in [3.8, 4) is 0 Å². The van der Waals surface area contributed by atoms with Crippen LogP contribution in [0.15, 0.2) is 79.0 Å². The van der Waals surface area contributed by atoms with Crippen LogP contribution in [-0.4, -0.2) is 35.3 Å². The maximum atomic E-state index is 13.8. The number of piperidine rings is 1. The van der Waals surface area contributed by atoms with Gasteiger partial charge in [0.1, 0.15) is 0 Å². The Morgan fingerprint density at radius 2 is 1.78 bits per heavy atom. The third-order valence-electron chi connectivity index (χ3n) is 6.66. The van der Waals surface area contributed by atoms with Gasteiger partial charge in [-0.05, 0) is 61.2 Å². The average Bonchev–Trinajstić information content (AvgIpc) is 3.30. The predicted octanol–water partition coefficient (Wildman–Crippen LogP) is 5.08. The number of aromatic amines is 1. The maximum absolute atomic E-state index is 13.8. The summed E-state index contributed by atoms with van der Waals surface area (Å²) in [4.78, 5) is 45.7. The quantitative estimate of drug-likeness (QED) is 0.374. The van der Waals surface area contributed by atoms with Crippen molar-refractivity contribution in [2.45, 2.75) is 31.7 Å². The molecule has 0 spiro atoms. The molecular formula is C29H27ClN4O3. The second kappa shape index (κ2) is 10.6. The van der Waals surface area contributed by atoms with Gasteiger partial charge in [-0.3, -0.25) is 14.4 Å². The third-order valence-corrected chi connectivity index (χ3v) is 6.97. The highest BCUT2D eigenvalue weighted by atomic mass is 35.5. The average molecular weight is 515 g/mol. The third kappa shape index (κ3) is 5.14. The molecule has 3 N–H and O–H groups in total. The number of imide groups is 1. The topological polar surface area (TPSA) is 99.5 Å². The number of benzene rings is 3. The molecule has 188 valence electrons. The molecule has 8 heteroatoms. The van der Waals surface area contributed by atoms with Crippen molar-refractivity contribution in [2.75, 3.05) is 16.3 Å². The van der Waals surface area contributed by atoms with E-state index in [0.717, 1.165) is 34.4 Å². The van der Waals surface area contributed by atoms with Gasteiger partial charge < -0.3 is 15.6 Å². The maximum Gasteiger partial charge on any atom is 0.265 e. The highest BCUT2D eigenvalue weighted by Gasteiger charge is 2.30. The summed E-state index contributed by atoms with van der Waals surface area (Å²) in [5.41, 5.74) is 9.38. The van der Waals surface area contributed by atoms with Crippen LogP contribution >= 0.6 is 11.6 Å². The largest absolute Gasteiger partial charge is 0.360 e. The molecule has 1 fully saturated rings. The molecule has 5 rings (SSSR count). The molecule has 3 amide bonds. The standard InChI is InChI=1S/C29H27ClN4O3/c30-24-18-32-26-17-20(9-14-23(24)26)28(36)34(29(37)25(31)16-19-6-2-1-3-7-19)22-12-10-21(11-13-22)33-15-5-4-8-27(33)35/h1-3,6-7,9-14,17-18,25,32H,4-5,8,15-16,31H2. The van der Waals surface area contributed by atoms with Crippen molar-refractivity contribution in [2.24, 2.45) is 5.73 Å². The second-order valence-corrected chi connectivity index (χ2v) is 9.60. The van der Waals surface area contributed by atoms with Crippen LogP contribution in [0.4, 0.5) is 11.4 Å². The monoisotopic (exact) mass is 514 g/mol. The number of aromatic nitrogens is 1. The van der Waals surface area contributed by atoms with Crippen LogP contribution in [0.3, 0.4) is 0 Å². The first kappa shape index (κ1) is 24.7. The van der Waals surface area contributed by atoms with Gasteiger partial charge in [-0.25, -0.2) is 4.90 Å². The number of nitrogens with one attached hydrogen (secondary N) is 1. The van der Waals surface area contributed by atoms with E-state index in [9.17, 15) is 14.4 Å². The van der Waals surface area contributed by atoms with E-state index in [1.54, 1.807) is 53.6 Å². The SMILES string of the molecule is NC(Cc1ccccc1)C(=O)N(C(=O)c1ccc2c(Cl)c[nH]c2c1)c1ccc(N2CCCCC2=O)cc1. The van der Waals surface area contributed by atoms with Crippen molar-refractivity contribution in [3.63, 3.8) is 0 Å². The lowest BCUT2D eigenvalue weighted by molar-refractivity contribution is -0.120. The highest BCUT2D eigenvalue weighted by Crippen LogP contribution is 2.28. The van der Waals surface area contributed by atoms with Gasteiger partial charge in [-0.1, -0.05) is 48.0 Å². The lowest BCUT2D eigenvalue weighted by Gasteiger charge is -2.28. The Bertz CT molecular complexity index is 1450. The van der Waals surface area contributed by atoms with E-state index < -0.39 is 17.9 Å². The first-order valence-corrected chi connectivity index (χ1v) is 12.6. The highest BCUT2D eigenvalue weighted by molar-refractivity contribution is 6.35. The second-order valence-electron chi connectivity index (χ2n) is 9.19. The minimum absolute atomic E-state index is 0.0748. The van der Waals surface area contributed by atoms with Gasteiger partial charge in [-0.2, -0.15) is 0 Å². The Kier molecular flexibility index (Phi) is 7.08. The summed E-state index contributed by atoms with van der Waals surface area (Å²) >= 11 is 6.20. The molecule has 7 nitrogen and oxygen atoms in total. The molecule has 1 aliphatic rings. The van der Waals surface area contributed by atoms with E-state index >= 15 is 0 Å². The molecule has 1 aliphatic heterocycles. The lowest BCUT2D eigenvalue weighted by Crippen LogP contribution is -2.48. The number of hydrogen-bond donors (Lipinski definition) is 2. The zero-order chi connectivity index (χ0) is 25.9. The molecule has 0 saturated carbocycles. The normalized spacial score (nSPS) is 14.5. The summed E-state index contributed by atoms with van der Waals surface area (Å²) in [6, 6.07) is 20.5. The number of carbonyl (C=O) groups excluding carboxylic acids is 3. The summed E-state index contributed by atoms with van der Waals surface area (Å²) < 4.78 is 0. The van der Waals surface area contributed by atoms with Crippen molar-refractivity contribution < 1.29 is 14.4 Å². The Morgan fingerprint density at radius 1 is 1.03 bits per heavy atom. The number of hydrogen-bond acceptors (Lipinski definition) is 4. The molecule has 2 heterocycles. The summed E-state index contributed by atoms with van der Waals surface area (Å²) in [5.74, 6) is -0.936. The summed E-state index contributed by atoms with van der Waals surface area (Å²) in [6.07, 6.45) is 4.29. The number of fused-ring (bicyclic) bond motifs is 1. The van der Waals surface area contributed by atoms with Crippen LogP contribution in [-0.2, 0) is 16.0 Å². The number of H-pyrrole nitrogens is 1. The molecule has 0 bridgehead atoms. The van der Waals surface area contributed by atoms with Crippen LogP contribution < -0.4 is 15.5 Å². The minimum atomic E-state index is -0.932. The zero-order valence-corrected chi connectivity index (χ0v) is 20.9. The molecule has 37 heavy (non-hydrogen) atoms. The Balaban J connectivity index is 1.48. The molecule has 1 saturated heterocycles. The van der Waals surface area contributed by atoms with Crippen LogP contribution in [0.1, 0.15) is 35.2 Å². The number of halogens is 1. The van der Waals surface area contributed by atoms with Gasteiger partial charge in [-0.15, -0.1) is 0 Å². The lowest BCUT2D eigenvalue weighted by atomic mass is 10.0. The number of rotatable bonds is 6. The van der Waals surface area contributed by atoms with Gasteiger partial charge in [0.25, 0.3) is 11.8 Å². The number of amides is 3. The fraction of sp³-hybridized carbons (Fsp3) is 0.207. The molecule has 1 aromatic heterocycles. The number of carbonyl (C=O) groups is 3. The first-order valence-electron chi connectivity index (χ1n) is 12.3. The number of nitrogens with two attached hydrogens (primary N) is 1. The van der Waals surface area contributed by atoms with Gasteiger partial charge in [0.2, 0.25) is 5.91 Å². The molecule has 0 radical (unpaired) electrons. The van der Waals surface area contributed by atoms with Crippen molar-refractivity contribution >= 4 is 51.6 Å². The molecule has 3 aromatic carbocycles. The summed E-state index contributed by atoms with van der Waals surface area (Å²) in [5, 5.41) is 1.34. The fourth-order valence-corrected chi connectivity index (χ4v) is 4.90. The van der Waals surface area contributed by atoms with Crippen LogP contribution in [0.5, 0.6) is 0 Å².